The van der Waals surface area contributed by atoms with Crippen molar-refractivity contribution in [3.8, 4) is 0 Å². The minimum absolute atomic E-state index is 0.202. The van der Waals surface area contributed by atoms with Gasteiger partial charge in [0.1, 0.15) is 0 Å². The predicted octanol–water partition coefficient (Wildman–Crippen LogP) is 3.84. The Hall–Kier alpha value is -1.57. The molecule has 2 rings (SSSR count). The lowest BCUT2D eigenvalue weighted by Gasteiger charge is -2.34. The smallest absolute Gasteiger partial charge is 0.307 e. The molecule has 0 spiro atoms. The van der Waals surface area contributed by atoms with Crippen LogP contribution in [-0.4, -0.2) is 11.1 Å². The second kappa shape index (κ2) is 5.38. The van der Waals surface area contributed by atoms with E-state index in [2.05, 4.69) is 32.1 Å². The molecule has 0 bridgehead atoms. The molecular formula is C16H20O2. The first-order valence-electron chi connectivity index (χ1n) is 6.63. The van der Waals surface area contributed by atoms with Crippen molar-refractivity contribution in [1.82, 2.24) is 0 Å². The summed E-state index contributed by atoms with van der Waals surface area (Å²) in [6.45, 7) is 4.21. The third kappa shape index (κ3) is 2.33. The minimum atomic E-state index is -0.663. The molecule has 1 aromatic carbocycles. The van der Waals surface area contributed by atoms with Gasteiger partial charge in [-0.3, -0.25) is 4.79 Å². The van der Waals surface area contributed by atoms with Gasteiger partial charge in [0.15, 0.2) is 0 Å². The van der Waals surface area contributed by atoms with E-state index in [1.807, 2.05) is 18.2 Å². The van der Waals surface area contributed by atoms with Crippen LogP contribution in [0.4, 0.5) is 0 Å². The molecule has 0 aliphatic heterocycles. The van der Waals surface area contributed by atoms with Gasteiger partial charge in [-0.2, -0.15) is 0 Å². The first kappa shape index (κ1) is 12.9. The maximum atomic E-state index is 11.2. The van der Waals surface area contributed by atoms with Gasteiger partial charge in [-0.15, -0.1) is 0 Å². The molecule has 0 fully saturated rings. The van der Waals surface area contributed by atoms with E-state index in [4.69, 9.17) is 0 Å². The number of carbonyl (C=O) groups is 1. The number of carboxylic acids is 1. The summed E-state index contributed by atoms with van der Waals surface area (Å²) < 4.78 is 0. The van der Waals surface area contributed by atoms with E-state index in [-0.39, 0.29) is 11.8 Å². The zero-order valence-corrected chi connectivity index (χ0v) is 11.0. The maximum absolute atomic E-state index is 11.2. The van der Waals surface area contributed by atoms with Crippen LogP contribution in [-0.2, 0) is 4.79 Å². The average molecular weight is 244 g/mol. The summed E-state index contributed by atoms with van der Waals surface area (Å²) in [5, 5.41) is 9.25. The first-order chi connectivity index (χ1) is 8.65. The van der Waals surface area contributed by atoms with Crippen molar-refractivity contribution in [2.45, 2.75) is 26.7 Å². The molecule has 2 heteroatoms. The van der Waals surface area contributed by atoms with Crippen molar-refractivity contribution in [2.24, 2.45) is 17.8 Å². The average Bonchev–Trinajstić information content (AvgIpc) is 2.39. The van der Waals surface area contributed by atoms with Crippen molar-refractivity contribution in [3.63, 3.8) is 0 Å². The Kier molecular flexibility index (Phi) is 3.85. The minimum Gasteiger partial charge on any atom is -0.481 e. The molecule has 0 unspecified atom stereocenters. The first-order valence-corrected chi connectivity index (χ1v) is 6.63. The molecule has 0 heterocycles. The number of hydrogen-bond acceptors (Lipinski definition) is 1. The number of aliphatic carboxylic acids is 1. The monoisotopic (exact) mass is 244 g/mol. The van der Waals surface area contributed by atoms with E-state index in [0.29, 0.717) is 12.3 Å². The molecule has 0 radical (unpaired) electrons. The summed E-state index contributed by atoms with van der Waals surface area (Å²) in [4.78, 5) is 11.2. The van der Waals surface area contributed by atoms with Gasteiger partial charge < -0.3 is 5.11 Å². The number of benzene rings is 1. The lowest BCUT2D eigenvalue weighted by Crippen LogP contribution is -2.30. The Morgan fingerprint density at radius 3 is 2.56 bits per heavy atom. The van der Waals surface area contributed by atoms with Gasteiger partial charge in [-0.25, -0.2) is 0 Å². The van der Waals surface area contributed by atoms with Crippen molar-refractivity contribution in [2.75, 3.05) is 0 Å². The van der Waals surface area contributed by atoms with Crippen LogP contribution in [0.3, 0.4) is 0 Å². The molecule has 3 atom stereocenters. The van der Waals surface area contributed by atoms with E-state index in [1.54, 1.807) is 0 Å². The number of rotatable bonds is 3. The number of allylic oxidation sites excluding steroid dienone is 2. The van der Waals surface area contributed by atoms with Gasteiger partial charge in [-0.1, -0.05) is 50.3 Å². The molecular weight excluding hydrogens is 224 g/mol. The fourth-order valence-corrected chi connectivity index (χ4v) is 3.06. The molecule has 18 heavy (non-hydrogen) atoms. The Labute approximate surface area is 108 Å². The third-order valence-electron chi connectivity index (χ3n) is 4.12. The molecule has 0 saturated heterocycles. The summed E-state index contributed by atoms with van der Waals surface area (Å²) in [5.41, 5.74) is 2.56. The van der Waals surface area contributed by atoms with Gasteiger partial charge in [0.2, 0.25) is 0 Å². The van der Waals surface area contributed by atoms with Crippen molar-refractivity contribution >= 4 is 11.5 Å². The summed E-state index contributed by atoms with van der Waals surface area (Å²) in [5.74, 6) is -0.346. The highest BCUT2D eigenvalue weighted by Crippen LogP contribution is 2.41. The molecule has 2 nitrogen and oxygen atoms in total. The Balaban J connectivity index is 2.34. The third-order valence-corrected chi connectivity index (χ3v) is 4.12. The van der Waals surface area contributed by atoms with Crippen molar-refractivity contribution < 1.29 is 9.90 Å². The summed E-state index contributed by atoms with van der Waals surface area (Å²) in [6, 6.07) is 10.3. The fraction of sp³-hybridized carbons (Fsp3) is 0.438. The van der Waals surface area contributed by atoms with Crippen molar-refractivity contribution in [1.29, 1.82) is 0 Å². The largest absolute Gasteiger partial charge is 0.481 e. The van der Waals surface area contributed by atoms with Crippen LogP contribution in [0.15, 0.2) is 36.4 Å². The highest BCUT2D eigenvalue weighted by molar-refractivity contribution is 5.75. The van der Waals surface area contributed by atoms with E-state index in [1.165, 1.54) is 11.1 Å². The second-order valence-corrected chi connectivity index (χ2v) is 5.08. The lowest BCUT2D eigenvalue weighted by atomic mass is 9.70. The molecule has 1 N–H and O–H groups in total. The Bertz CT molecular complexity index is 447. The van der Waals surface area contributed by atoms with Crippen LogP contribution in [0.2, 0.25) is 0 Å². The molecule has 1 aliphatic rings. The SMILES string of the molecule is CC[C@H]1C(c2ccccc2)=CC[C@H](C(=O)O)[C@H]1C. The van der Waals surface area contributed by atoms with Gasteiger partial charge in [0, 0.05) is 0 Å². The van der Waals surface area contributed by atoms with Gasteiger partial charge >= 0.3 is 5.97 Å². The topological polar surface area (TPSA) is 37.3 Å². The van der Waals surface area contributed by atoms with Crippen LogP contribution in [0.5, 0.6) is 0 Å². The normalized spacial score (nSPS) is 27.7. The molecule has 0 saturated carbocycles. The van der Waals surface area contributed by atoms with E-state index >= 15 is 0 Å². The number of carboxylic acid groups (broad SMARTS) is 1. The van der Waals surface area contributed by atoms with E-state index < -0.39 is 5.97 Å². The molecule has 1 aliphatic carbocycles. The summed E-state index contributed by atoms with van der Waals surface area (Å²) >= 11 is 0. The second-order valence-electron chi connectivity index (χ2n) is 5.08. The van der Waals surface area contributed by atoms with Crippen molar-refractivity contribution in [3.05, 3.63) is 42.0 Å². The highest BCUT2D eigenvalue weighted by Gasteiger charge is 2.34. The van der Waals surface area contributed by atoms with Crippen LogP contribution in [0.1, 0.15) is 32.3 Å². The van der Waals surface area contributed by atoms with Crippen LogP contribution >= 0.6 is 0 Å². The summed E-state index contributed by atoms with van der Waals surface area (Å²) in [7, 11) is 0. The Morgan fingerprint density at radius 1 is 1.33 bits per heavy atom. The molecule has 0 amide bonds. The van der Waals surface area contributed by atoms with E-state index in [0.717, 1.165) is 6.42 Å². The van der Waals surface area contributed by atoms with Gasteiger partial charge in [0.05, 0.1) is 5.92 Å². The molecule has 1 aromatic rings. The Morgan fingerprint density at radius 2 is 2.00 bits per heavy atom. The highest BCUT2D eigenvalue weighted by atomic mass is 16.4. The standard InChI is InChI=1S/C16H20O2/c1-3-13-11(2)14(16(17)18)9-10-15(13)12-7-5-4-6-8-12/h4-8,10-11,13-14H,3,9H2,1-2H3,(H,17,18)/t11-,13+,14-/m0/s1. The summed E-state index contributed by atoms with van der Waals surface area (Å²) in [6.07, 6.45) is 3.77. The number of hydrogen-bond donors (Lipinski definition) is 1. The van der Waals surface area contributed by atoms with Crippen LogP contribution < -0.4 is 0 Å². The van der Waals surface area contributed by atoms with Gasteiger partial charge in [-0.05, 0) is 35.8 Å². The predicted molar refractivity (Wildman–Crippen MR) is 73.1 cm³/mol. The maximum Gasteiger partial charge on any atom is 0.307 e. The van der Waals surface area contributed by atoms with Gasteiger partial charge in [0.25, 0.3) is 0 Å². The van der Waals surface area contributed by atoms with E-state index in [9.17, 15) is 9.90 Å². The zero-order chi connectivity index (χ0) is 13.1. The van der Waals surface area contributed by atoms with Crippen LogP contribution in [0.25, 0.3) is 5.57 Å². The lowest BCUT2D eigenvalue weighted by molar-refractivity contribution is -0.144. The zero-order valence-electron chi connectivity index (χ0n) is 11.0. The molecule has 0 aromatic heterocycles. The molecule has 96 valence electrons. The fourth-order valence-electron chi connectivity index (χ4n) is 3.06. The quantitative estimate of drug-likeness (QED) is 0.877. The van der Waals surface area contributed by atoms with Crippen LogP contribution in [0, 0.1) is 17.8 Å².